The Morgan fingerprint density at radius 1 is 1.47 bits per heavy atom. The third-order valence-corrected chi connectivity index (χ3v) is 3.12. The van der Waals surface area contributed by atoms with Crippen LogP contribution >= 0.6 is 22.9 Å². The van der Waals surface area contributed by atoms with Crippen molar-refractivity contribution < 1.29 is 4.79 Å². The maximum Gasteiger partial charge on any atom is 0.243 e. The zero-order chi connectivity index (χ0) is 11.6. The van der Waals surface area contributed by atoms with Gasteiger partial charge in [0.05, 0.1) is 0 Å². The maximum absolute atomic E-state index is 11.3. The minimum atomic E-state index is -0.563. The van der Waals surface area contributed by atoms with E-state index < -0.39 is 5.38 Å². The normalized spacial score (nSPS) is 13.7. The lowest BCUT2D eigenvalue weighted by molar-refractivity contribution is -0.115. The summed E-state index contributed by atoms with van der Waals surface area (Å²) in [6.07, 6.45) is 0. The number of halogens is 1. The topological polar surface area (TPSA) is 54.9 Å². The summed E-state index contributed by atoms with van der Waals surface area (Å²) in [6, 6.07) is 0. The molecule has 1 unspecified atom stereocenters. The summed E-state index contributed by atoms with van der Waals surface area (Å²) in [6.45, 7) is 7.75. The Morgan fingerprint density at radius 3 is 2.47 bits per heavy atom. The SMILES string of the molecule is CC(Cl)C(=O)Nc1nnc(C(C)(C)C)s1. The minimum absolute atomic E-state index is 0.0484. The number of hydrogen-bond donors (Lipinski definition) is 1. The fourth-order valence-corrected chi connectivity index (χ4v) is 1.64. The smallest absolute Gasteiger partial charge is 0.243 e. The molecule has 84 valence electrons. The van der Waals surface area contributed by atoms with Gasteiger partial charge in [0.1, 0.15) is 10.4 Å². The van der Waals surface area contributed by atoms with Gasteiger partial charge >= 0.3 is 0 Å². The first-order valence-electron chi connectivity index (χ1n) is 4.59. The molecule has 0 saturated carbocycles. The van der Waals surface area contributed by atoms with Crippen LogP contribution in [0.2, 0.25) is 0 Å². The van der Waals surface area contributed by atoms with Gasteiger partial charge in [-0.05, 0) is 6.92 Å². The van der Waals surface area contributed by atoms with E-state index in [0.717, 1.165) is 5.01 Å². The number of nitrogens with one attached hydrogen (secondary N) is 1. The van der Waals surface area contributed by atoms with E-state index in [0.29, 0.717) is 5.13 Å². The average molecular weight is 248 g/mol. The van der Waals surface area contributed by atoms with Crippen LogP contribution in [0.4, 0.5) is 5.13 Å². The standard InChI is InChI=1S/C9H14ClN3OS/c1-5(10)6(14)11-8-13-12-7(15-8)9(2,3)4/h5H,1-4H3,(H,11,13,14). The zero-order valence-electron chi connectivity index (χ0n) is 9.17. The number of hydrogen-bond acceptors (Lipinski definition) is 4. The third kappa shape index (κ3) is 3.43. The van der Waals surface area contributed by atoms with Gasteiger partial charge in [-0.2, -0.15) is 0 Å². The molecule has 1 aromatic heterocycles. The van der Waals surface area contributed by atoms with E-state index in [2.05, 4.69) is 15.5 Å². The number of aromatic nitrogens is 2. The van der Waals surface area contributed by atoms with E-state index in [1.165, 1.54) is 11.3 Å². The van der Waals surface area contributed by atoms with Gasteiger partial charge in [0.15, 0.2) is 0 Å². The van der Waals surface area contributed by atoms with E-state index in [-0.39, 0.29) is 11.3 Å². The summed E-state index contributed by atoms with van der Waals surface area (Å²) >= 11 is 6.99. The molecule has 1 N–H and O–H groups in total. The second-order valence-electron chi connectivity index (χ2n) is 4.27. The van der Waals surface area contributed by atoms with Crippen LogP contribution in [0.3, 0.4) is 0 Å². The third-order valence-electron chi connectivity index (χ3n) is 1.66. The molecule has 0 aromatic carbocycles. The molecule has 0 radical (unpaired) electrons. The van der Waals surface area contributed by atoms with Gasteiger partial charge in [-0.3, -0.25) is 10.1 Å². The van der Waals surface area contributed by atoms with Crippen molar-refractivity contribution in [1.29, 1.82) is 0 Å². The quantitative estimate of drug-likeness (QED) is 0.817. The zero-order valence-corrected chi connectivity index (χ0v) is 10.7. The molecule has 15 heavy (non-hydrogen) atoms. The Labute approximate surface area is 98.0 Å². The van der Waals surface area contributed by atoms with Gasteiger partial charge in [-0.15, -0.1) is 21.8 Å². The van der Waals surface area contributed by atoms with Gasteiger partial charge in [-0.1, -0.05) is 32.1 Å². The van der Waals surface area contributed by atoms with Crippen molar-refractivity contribution in [2.75, 3.05) is 5.32 Å². The molecule has 6 heteroatoms. The maximum atomic E-state index is 11.3. The first-order valence-corrected chi connectivity index (χ1v) is 5.85. The lowest BCUT2D eigenvalue weighted by atomic mass is 9.98. The molecule has 0 aliphatic carbocycles. The summed E-state index contributed by atoms with van der Waals surface area (Å²) in [5.41, 5.74) is -0.0484. The molecule has 1 amide bonds. The Kier molecular flexibility index (Phi) is 3.67. The fourth-order valence-electron chi connectivity index (χ4n) is 0.782. The van der Waals surface area contributed by atoms with E-state index in [1.54, 1.807) is 6.92 Å². The molecule has 1 rings (SSSR count). The molecule has 0 fully saturated rings. The second-order valence-corrected chi connectivity index (χ2v) is 5.90. The van der Waals surface area contributed by atoms with Crippen molar-refractivity contribution >= 4 is 34.0 Å². The molecule has 1 aromatic rings. The second kappa shape index (κ2) is 4.45. The molecule has 1 heterocycles. The van der Waals surface area contributed by atoms with Gasteiger partial charge in [0.25, 0.3) is 0 Å². The average Bonchev–Trinajstić information content (AvgIpc) is 2.51. The highest BCUT2D eigenvalue weighted by molar-refractivity contribution is 7.15. The Morgan fingerprint density at radius 2 is 2.07 bits per heavy atom. The molecule has 0 saturated heterocycles. The summed E-state index contributed by atoms with van der Waals surface area (Å²) < 4.78 is 0. The number of anilines is 1. The van der Waals surface area contributed by atoms with Crippen LogP contribution < -0.4 is 5.32 Å². The van der Waals surface area contributed by atoms with Crippen molar-refractivity contribution in [2.45, 2.75) is 38.5 Å². The summed E-state index contributed by atoms with van der Waals surface area (Å²) in [4.78, 5) is 11.3. The molecule has 0 spiro atoms. The number of amides is 1. The Bertz CT molecular complexity index is 356. The van der Waals surface area contributed by atoms with Crippen LogP contribution in [0.1, 0.15) is 32.7 Å². The number of alkyl halides is 1. The molecular formula is C9H14ClN3OS. The largest absolute Gasteiger partial charge is 0.299 e. The van der Waals surface area contributed by atoms with Gasteiger partial charge in [-0.25, -0.2) is 0 Å². The van der Waals surface area contributed by atoms with Gasteiger partial charge in [0.2, 0.25) is 11.0 Å². The van der Waals surface area contributed by atoms with Crippen molar-refractivity contribution in [3.05, 3.63) is 5.01 Å². The molecule has 1 atom stereocenters. The van der Waals surface area contributed by atoms with E-state index in [1.807, 2.05) is 20.8 Å². The Balaban J connectivity index is 2.73. The molecule has 0 bridgehead atoms. The minimum Gasteiger partial charge on any atom is -0.299 e. The predicted molar refractivity (Wildman–Crippen MR) is 62.6 cm³/mol. The van der Waals surface area contributed by atoms with Crippen molar-refractivity contribution in [1.82, 2.24) is 10.2 Å². The van der Waals surface area contributed by atoms with E-state index in [4.69, 9.17) is 11.6 Å². The van der Waals surface area contributed by atoms with Gasteiger partial charge in [0, 0.05) is 5.41 Å². The lowest BCUT2D eigenvalue weighted by Gasteiger charge is -2.12. The number of carbonyl (C=O) groups is 1. The van der Waals surface area contributed by atoms with Crippen molar-refractivity contribution in [3.8, 4) is 0 Å². The van der Waals surface area contributed by atoms with Crippen molar-refractivity contribution in [3.63, 3.8) is 0 Å². The summed E-state index contributed by atoms with van der Waals surface area (Å²) in [5.74, 6) is -0.256. The molecular weight excluding hydrogens is 234 g/mol. The van der Waals surface area contributed by atoms with Crippen LogP contribution in [0.5, 0.6) is 0 Å². The first kappa shape index (κ1) is 12.4. The summed E-state index contributed by atoms with van der Waals surface area (Å²) in [7, 11) is 0. The highest BCUT2D eigenvalue weighted by atomic mass is 35.5. The van der Waals surface area contributed by atoms with Crippen LogP contribution in [0.25, 0.3) is 0 Å². The number of rotatable bonds is 2. The van der Waals surface area contributed by atoms with Crippen LogP contribution in [0.15, 0.2) is 0 Å². The highest BCUT2D eigenvalue weighted by Crippen LogP contribution is 2.27. The van der Waals surface area contributed by atoms with E-state index >= 15 is 0 Å². The number of carbonyl (C=O) groups excluding carboxylic acids is 1. The summed E-state index contributed by atoms with van der Waals surface area (Å²) in [5, 5.41) is 11.3. The highest BCUT2D eigenvalue weighted by Gasteiger charge is 2.20. The van der Waals surface area contributed by atoms with E-state index in [9.17, 15) is 4.79 Å². The Hall–Kier alpha value is -0.680. The van der Waals surface area contributed by atoms with Gasteiger partial charge < -0.3 is 0 Å². The lowest BCUT2D eigenvalue weighted by Crippen LogP contribution is -2.20. The monoisotopic (exact) mass is 247 g/mol. The molecule has 4 nitrogen and oxygen atoms in total. The first-order chi connectivity index (χ1) is 6.80. The molecule has 0 aliphatic heterocycles. The predicted octanol–water partition coefficient (Wildman–Crippen LogP) is 2.40. The van der Waals surface area contributed by atoms with Crippen LogP contribution in [-0.4, -0.2) is 21.5 Å². The number of nitrogens with zero attached hydrogens (tertiary/aromatic N) is 2. The fraction of sp³-hybridized carbons (Fsp3) is 0.667. The van der Waals surface area contributed by atoms with Crippen LogP contribution in [-0.2, 0) is 10.2 Å². The van der Waals surface area contributed by atoms with Crippen molar-refractivity contribution in [2.24, 2.45) is 0 Å². The van der Waals surface area contributed by atoms with Crippen LogP contribution in [0, 0.1) is 0 Å². The molecule has 0 aliphatic rings.